The molecule has 0 unspecified atom stereocenters. The molecule has 6 heteroatoms. The zero-order valence-electron chi connectivity index (χ0n) is 17.2. The molecule has 1 aromatic carbocycles. The first kappa shape index (κ1) is 21.1. The smallest absolute Gasteiger partial charge is 0.259 e. The lowest BCUT2D eigenvalue weighted by molar-refractivity contribution is 0.237. The van der Waals surface area contributed by atoms with Crippen LogP contribution in [0.25, 0.3) is 10.8 Å². The third kappa shape index (κ3) is 4.56. The van der Waals surface area contributed by atoms with E-state index in [1.165, 1.54) is 7.11 Å². The van der Waals surface area contributed by atoms with E-state index < -0.39 is 0 Å². The summed E-state index contributed by atoms with van der Waals surface area (Å²) in [5.74, 6) is 1.54. The first-order chi connectivity index (χ1) is 12.8. The summed E-state index contributed by atoms with van der Waals surface area (Å²) in [6.07, 6.45) is 1.88. The molecule has 0 bridgehead atoms. The van der Waals surface area contributed by atoms with E-state index in [1.807, 2.05) is 0 Å². The summed E-state index contributed by atoms with van der Waals surface area (Å²) in [7, 11) is 3.09. The summed E-state index contributed by atoms with van der Waals surface area (Å²) in [4.78, 5) is 13.2. The minimum atomic E-state index is -0.281. The van der Waals surface area contributed by atoms with E-state index in [0.29, 0.717) is 46.9 Å². The maximum absolute atomic E-state index is 13.2. The minimum absolute atomic E-state index is 0.140. The Morgan fingerprint density at radius 3 is 2.15 bits per heavy atom. The number of pyridine rings is 1. The molecule has 1 N–H and O–H groups in total. The van der Waals surface area contributed by atoms with Crippen molar-refractivity contribution in [2.75, 3.05) is 20.8 Å². The zero-order chi connectivity index (χ0) is 20.2. The van der Waals surface area contributed by atoms with Gasteiger partial charge in [0.2, 0.25) is 0 Å². The molecule has 0 aliphatic heterocycles. The topological polar surface area (TPSA) is 69.9 Å². The Morgan fingerprint density at radius 2 is 1.67 bits per heavy atom. The highest BCUT2D eigenvalue weighted by molar-refractivity contribution is 5.91. The number of hydrogen-bond donors (Lipinski definition) is 1. The van der Waals surface area contributed by atoms with Crippen LogP contribution in [-0.2, 0) is 13.2 Å². The Bertz CT molecular complexity index is 848. The van der Waals surface area contributed by atoms with E-state index >= 15 is 0 Å². The van der Waals surface area contributed by atoms with Crippen LogP contribution in [-0.4, -0.2) is 30.5 Å². The molecule has 0 atom stereocenters. The molecule has 0 aliphatic rings. The highest BCUT2D eigenvalue weighted by Gasteiger charge is 2.23. The average molecular weight is 377 g/mol. The van der Waals surface area contributed by atoms with Crippen LogP contribution in [0.3, 0.4) is 0 Å². The summed E-state index contributed by atoms with van der Waals surface area (Å²) in [6, 6.07) is 3.43. The maximum atomic E-state index is 13.2. The maximum Gasteiger partial charge on any atom is 0.259 e. The summed E-state index contributed by atoms with van der Waals surface area (Å²) < 4.78 is 18.4. The van der Waals surface area contributed by atoms with Gasteiger partial charge in [0, 0.05) is 11.9 Å². The van der Waals surface area contributed by atoms with Gasteiger partial charge in [0.25, 0.3) is 5.56 Å². The minimum Gasteiger partial charge on any atom is -0.493 e. The number of fused-ring (bicyclic) bond motifs is 1. The van der Waals surface area contributed by atoms with Gasteiger partial charge >= 0.3 is 0 Å². The molecule has 150 valence electrons. The van der Waals surface area contributed by atoms with Gasteiger partial charge in [-0.05, 0) is 24.0 Å². The van der Waals surface area contributed by atoms with E-state index in [-0.39, 0.29) is 17.6 Å². The van der Waals surface area contributed by atoms with Crippen molar-refractivity contribution in [3.05, 3.63) is 28.2 Å². The van der Waals surface area contributed by atoms with Crippen molar-refractivity contribution in [3.63, 3.8) is 0 Å². The number of benzene rings is 1. The lowest BCUT2D eigenvalue weighted by atomic mass is 9.96. The Kier molecular flexibility index (Phi) is 6.76. The van der Waals surface area contributed by atoms with Crippen molar-refractivity contribution >= 4 is 10.8 Å². The van der Waals surface area contributed by atoms with Crippen molar-refractivity contribution in [2.45, 2.75) is 53.7 Å². The van der Waals surface area contributed by atoms with E-state index in [0.717, 1.165) is 12.8 Å². The number of nitrogens with zero attached hydrogens (tertiary/aromatic N) is 1. The molecule has 0 radical (unpaired) electrons. The third-order valence-corrected chi connectivity index (χ3v) is 4.36. The van der Waals surface area contributed by atoms with Gasteiger partial charge in [-0.25, -0.2) is 0 Å². The van der Waals surface area contributed by atoms with Crippen molar-refractivity contribution < 1.29 is 19.3 Å². The number of aliphatic hydroxyl groups excluding tert-OH is 1. The van der Waals surface area contributed by atoms with Crippen LogP contribution >= 0.6 is 0 Å². The highest BCUT2D eigenvalue weighted by Crippen LogP contribution is 2.37. The zero-order valence-corrected chi connectivity index (χ0v) is 17.2. The second-order valence-electron chi connectivity index (χ2n) is 7.84. The molecule has 1 heterocycles. The van der Waals surface area contributed by atoms with Crippen molar-refractivity contribution in [3.8, 4) is 17.2 Å². The van der Waals surface area contributed by atoms with Crippen molar-refractivity contribution in [1.82, 2.24) is 4.57 Å². The number of methoxy groups -OCH3 is 2. The molecular weight excluding hydrogens is 346 g/mol. The first-order valence-electron chi connectivity index (χ1n) is 9.32. The van der Waals surface area contributed by atoms with Crippen LogP contribution in [0.5, 0.6) is 17.2 Å². The predicted molar refractivity (Wildman–Crippen MR) is 107 cm³/mol. The van der Waals surface area contributed by atoms with Gasteiger partial charge in [-0.15, -0.1) is 0 Å². The number of aromatic nitrogens is 1. The molecular formula is C21H31NO5. The second-order valence-corrected chi connectivity index (χ2v) is 7.84. The van der Waals surface area contributed by atoms with Gasteiger partial charge in [0.1, 0.15) is 5.75 Å². The Balaban J connectivity index is 2.85. The van der Waals surface area contributed by atoms with E-state index in [2.05, 4.69) is 27.7 Å². The fourth-order valence-electron chi connectivity index (χ4n) is 3.07. The number of unbranched alkanes of at least 4 members (excludes halogenated alkanes) is 1. The lowest BCUT2D eigenvalue weighted by Crippen LogP contribution is -2.30. The van der Waals surface area contributed by atoms with Crippen LogP contribution < -0.4 is 19.8 Å². The van der Waals surface area contributed by atoms with Gasteiger partial charge in [-0.2, -0.15) is 0 Å². The molecule has 1 aromatic heterocycles. The van der Waals surface area contributed by atoms with E-state index in [1.54, 1.807) is 23.8 Å². The summed E-state index contributed by atoms with van der Waals surface area (Å²) in [5, 5.41) is 11.2. The SMILES string of the molecule is CCCCOc1c(CO)n(CC(C)(C)C)c(=O)c2cc(OC)c(OC)cc12. The van der Waals surface area contributed by atoms with Crippen LogP contribution in [0.2, 0.25) is 0 Å². The number of ether oxygens (including phenoxy) is 3. The fraction of sp³-hybridized carbons (Fsp3) is 0.571. The largest absolute Gasteiger partial charge is 0.493 e. The fourth-order valence-corrected chi connectivity index (χ4v) is 3.07. The van der Waals surface area contributed by atoms with Gasteiger partial charge in [0.05, 0.1) is 38.5 Å². The molecule has 2 rings (SSSR count). The molecule has 0 saturated heterocycles. The Morgan fingerprint density at radius 1 is 1.07 bits per heavy atom. The molecule has 0 saturated carbocycles. The third-order valence-electron chi connectivity index (χ3n) is 4.36. The molecule has 27 heavy (non-hydrogen) atoms. The van der Waals surface area contributed by atoms with Crippen molar-refractivity contribution in [1.29, 1.82) is 0 Å². The average Bonchev–Trinajstić information content (AvgIpc) is 2.63. The Labute approximate surface area is 160 Å². The van der Waals surface area contributed by atoms with Crippen LogP contribution in [0.4, 0.5) is 0 Å². The molecule has 6 nitrogen and oxygen atoms in total. The number of rotatable bonds is 8. The number of hydrogen-bond acceptors (Lipinski definition) is 5. The quantitative estimate of drug-likeness (QED) is 0.710. The van der Waals surface area contributed by atoms with E-state index in [4.69, 9.17) is 14.2 Å². The number of aliphatic hydroxyl groups is 1. The molecule has 0 amide bonds. The Hall–Kier alpha value is -2.21. The molecule has 0 aliphatic carbocycles. The monoisotopic (exact) mass is 377 g/mol. The molecule has 0 fully saturated rings. The standard InChI is InChI=1S/C21H31NO5/c1-7-8-9-27-19-14-10-17(25-5)18(26-6)11-15(14)20(24)22(16(19)12-23)13-21(2,3)4/h10-11,23H,7-9,12-13H2,1-6H3. The van der Waals surface area contributed by atoms with E-state index in [9.17, 15) is 9.90 Å². The lowest BCUT2D eigenvalue weighted by Gasteiger charge is -2.25. The van der Waals surface area contributed by atoms with Gasteiger partial charge < -0.3 is 23.9 Å². The van der Waals surface area contributed by atoms with Crippen molar-refractivity contribution in [2.24, 2.45) is 5.41 Å². The van der Waals surface area contributed by atoms with Crippen LogP contribution in [0, 0.1) is 5.41 Å². The predicted octanol–water partition coefficient (Wildman–Crippen LogP) is 3.74. The van der Waals surface area contributed by atoms with Crippen LogP contribution in [0.15, 0.2) is 16.9 Å². The molecule has 0 spiro atoms. The van der Waals surface area contributed by atoms with Gasteiger partial charge in [0.15, 0.2) is 11.5 Å². The van der Waals surface area contributed by atoms with Gasteiger partial charge in [-0.1, -0.05) is 34.1 Å². The summed E-state index contributed by atoms with van der Waals surface area (Å²) in [6.45, 7) is 8.95. The highest BCUT2D eigenvalue weighted by atomic mass is 16.5. The normalized spacial score (nSPS) is 11.7. The molecule has 2 aromatic rings. The first-order valence-corrected chi connectivity index (χ1v) is 9.32. The van der Waals surface area contributed by atoms with Gasteiger partial charge in [-0.3, -0.25) is 4.79 Å². The summed E-state index contributed by atoms with van der Waals surface area (Å²) >= 11 is 0. The summed E-state index contributed by atoms with van der Waals surface area (Å²) in [5.41, 5.74) is 0.178. The van der Waals surface area contributed by atoms with Crippen LogP contribution in [0.1, 0.15) is 46.2 Å². The second kappa shape index (κ2) is 8.65.